The first kappa shape index (κ1) is 22.3. The van der Waals surface area contributed by atoms with Gasteiger partial charge in [-0.1, -0.05) is 79.2 Å². The van der Waals surface area contributed by atoms with Crippen molar-refractivity contribution in [2.24, 2.45) is 22.4 Å². The first-order chi connectivity index (χ1) is 17.5. The molecule has 3 unspecified atom stereocenters. The highest BCUT2D eigenvalue weighted by Gasteiger charge is 2.55. The summed E-state index contributed by atoms with van der Waals surface area (Å²) in [7, 11) is 0. The largest absolute Gasteiger partial charge is 0.365 e. The van der Waals surface area contributed by atoms with Crippen LogP contribution in [0.4, 0.5) is 5.69 Å². The first-order valence-corrected chi connectivity index (χ1v) is 12.5. The number of hydrogen-bond donors (Lipinski definition) is 2. The van der Waals surface area contributed by atoms with Crippen LogP contribution in [-0.2, 0) is 9.59 Å². The summed E-state index contributed by atoms with van der Waals surface area (Å²) in [5, 5.41) is 1.28. The second-order valence-electron chi connectivity index (χ2n) is 9.84. The van der Waals surface area contributed by atoms with Crippen LogP contribution in [0.3, 0.4) is 0 Å². The van der Waals surface area contributed by atoms with Gasteiger partial charge < -0.3 is 16.4 Å². The van der Waals surface area contributed by atoms with Gasteiger partial charge >= 0.3 is 0 Å². The van der Waals surface area contributed by atoms with Crippen molar-refractivity contribution in [1.82, 2.24) is 0 Å². The van der Waals surface area contributed by atoms with Crippen LogP contribution in [0.1, 0.15) is 42.7 Å². The number of anilines is 1. The summed E-state index contributed by atoms with van der Waals surface area (Å²) in [5.41, 5.74) is 14.8. The highest BCUT2D eigenvalue weighted by atomic mass is 16.2. The molecule has 2 amide bonds. The monoisotopic (exact) mass is 476 g/mol. The van der Waals surface area contributed by atoms with Gasteiger partial charge in [0.1, 0.15) is 11.2 Å². The normalized spacial score (nSPS) is 24.0. The lowest BCUT2D eigenvalue weighted by Gasteiger charge is -2.53. The maximum atomic E-state index is 12.1. The van der Waals surface area contributed by atoms with Crippen molar-refractivity contribution in [3.63, 3.8) is 0 Å². The predicted molar refractivity (Wildman–Crippen MR) is 140 cm³/mol. The summed E-state index contributed by atoms with van der Waals surface area (Å²) in [5.74, 6) is -1.16. The average Bonchev–Trinajstić information content (AvgIpc) is 3.21. The van der Waals surface area contributed by atoms with E-state index in [1.807, 2.05) is 30.3 Å². The number of rotatable bonds is 4. The maximum absolute atomic E-state index is 12.1. The van der Waals surface area contributed by atoms with E-state index in [1.165, 1.54) is 5.56 Å². The van der Waals surface area contributed by atoms with Gasteiger partial charge in [-0.05, 0) is 47.7 Å². The fraction of sp³-hybridized carbons (Fsp3) is 0.233. The van der Waals surface area contributed by atoms with Gasteiger partial charge in [0.25, 0.3) is 11.8 Å². The lowest BCUT2D eigenvalue weighted by Crippen LogP contribution is -2.55. The van der Waals surface area contributed by atoms with E-state index < -0.39 is 17.5 Å². The molecule has 36 heavy (non-hydrogen) atoms. The van der Waals surface area contributed by atoms with Crippen LogP contribution in [0, 0.1) is 5.92 Å². The Morgan fingerprint density at radius 3 is 2.28 bits per heavy atom. The Labute approximate surface area is 209 Å². The van der Waals surface area contributed by atoms with Crippen LogP contribution in [0.2, 0.25) is 0 Å². The second kappa shape index (κ2) is 8.48. The van der Waals surface area contributed by atoms with Crippen molar-refractivity contribution in [3.8, 4) is 0 Å². The molecule has 1 spiro atoms. The zero-order valence-corrected chi connectivity index (χ0v) is 19.9. The molecule has 0 saturated heterocycles. The van der Waals surface area contributed by atoms with E-state index in [1.54, 1.807) is 6.07 Å². The average molecular weight is 477 g/mol. The molecule has 3 aromatic rings. The number of allylic oxidation sites excluding steroid dienone is 1. The number of amides is 2. The molecule has 6 heteroatoms. The number of fused-ring (bicyclic) bond motifs is 2. The highest BCUT2D eigenvalue weighted by molar-refractivity contribution is 6.39. The fourth-order valence-corrected chi connectivity index (χ4v) is 6.41. The van der Waals surface area contributed by atoms with E-state index in [9.17, 15) is 9.59 Å². The van der Waals surface area contributed by atoms with Crippen LogP contribution in [0.5, 0.6) is 0 Å². The smallest absolute Gasteiger partial charge is 0.254 e. The third-order valence-corrected chi connectivity index (χ3v) is 7.87. The zero-order chi connectivity index (χ0) is 24.9. The molecule has 1 fully saturated rings. The number of benzene rings is 3. The molecule has 3 aromatic carbocycles. The van der Waals surface area contributed by atoms with Crippen molar-refractivity contribution >= 4 is 28.8 Å². The minimum absolute atomic E-state index is 0.191. The Balaban J connectivity index is 1.64. The minimum Gasteiger partial charge on any atom is -0.365 e. The SMILES string of the molecule is NC(=O)C(C(N)=O)=c1ccc2c(c1)N1C(c3ccccc3)=CC(c3ccccc3)C3CCCCC31N=2. The molecule has 4 N–H and O–H groups in total. The van der Waals surface area contributed by atoms with Gasteiger partial charge in [0, 0.05) is 17.5 Å². The van der Waals surface area contributed by atoms with E-state index in [0.717, 1.165) is 48.0 Å². The molecule has 1 saturated carbocycles. The maximum Gasteiger partial charge on any atom is 0.254 e. The van der Waals surface area contributed by atoms with E-state index >= 15 is 0 Å². The predicted octanol–water partition coefficient (Wildman–Crippen LogP) is 2.97. The van der Waals surface area contributed by atoms with Crippen LogP contribution in [0.25, 0.3) is 11.3 Å². The number of nitrogens with zero attached hydrogens (tertiary/aromatic N) is 2. The van der Waals surface area contributed by atoms with Crippen LogP contribution < -0.4 is 26.9 Å². The second-order valence-corrected chi connectivity index (χ2v) is 9.84. The molecule has 0 radical (unpaired) electrons. The highest BCUT2D eigenvalue weighted by Crippen LogP contribution is 2.55. The molecule has 3 atom stereocenters. The molecular weight excluding hydrogens is 448 g/mol. The topological polar surface area (TPSA) is 102 Å². The third kappa shape index (κ3) is 3.36. The van der Waals surface area contributed by atoms with Gasteiger partial charge in [0.05, 0.1) is 11.0 Å². The van der Waals surface area contributed by atoms with Gasteiger partial charge in [-0.2, -0.15) is 0 Å². The lowest BCUT2D eigenvalue weighted by atomic mass is 9.66. The van der Waals surface area contributed by atoms with Gasteiger partial charge in [-0.3, -0.25) is 14.6 Å². The molecule has 1 aliphatic carbocycles. The fourth-order valence-electron chi connectivity index (χ4n) is 6.41. The van der Waals surface area contributed by atoms with Gasteiger partial charge in [0.2, 0.25) is 0 Å². The molecule has 3 aliphatic rings. The standard InChI is InChI=1S/C30H28N4O2/c31-28(35)27(29(32)36)21-14-15-24-26(17-21)34-25(20-11-5-2-6-12-20)18-22(19-9-3-1-4-10-19)23-13-7-8-16-30(23,34)33-24/h1-6,9-12,14-15,17-18,22-23H,7-8,13,16H2,(H2,31,35)(H2,32,36). The van der Waals surface area contributed by atoms with E-state index in [2.05, 4.69) is 53.4 Å². The number of carbonyl (C=O) groups excluding carboxylic acids is 2. The third-order valence-electron chi connectivity index (χ3n) is 7.87. The number of carbonyl (C=O) groups is 2. The zero-order valence-electron chi connectivity index (χ0n) is 19.9. The van der Waals surface area contributed by atoms with Gasteiger partial charge in [-0.15, -0.1) is 0 Å². The number of nitrogens with two attached hydrogens (primary N) is 2. The number of primary amides is 2. The molecular formula is C30H28N4O2. The van der Waals surface area contributed by atoms with E-state index in [-0.39, 0.29) is 17.4 Å². The van der Waals surface area contributed by atoms with Crippen LogP contribution >= 0.6 is 0 Å². The summed E-state index contributed by atoms with van der Waals surface area (Å²) in [6.45, 7) is 0. The molecule has 0 aromatic heterocycles. The van der Waals surface area contributed by atoms with Crippen molar-refractivity contribution in [3.05, 3.63) is 107 Å². The van der Waals surface area contributed by atoms with E-state index in [4.69, 9.17) is 16.5 Å². The van der Waals surface area contributed by atoms with Crippen molar-refractivity contribution in [2.75, 3.05) is 4.90 Å². The molecule has 6 rings (SSSR count). The summed E-state index contributed by atoms with van der Waals surface area (Å²) in [4.78, 5) is 31.9. The van der Waals surface area contributed by atoms with Gasteiger partial charge in [-0.25, -0.2) is 0 Å². The van der Waals surface area contributed by atoms with Crippen molar-refractivity contribution in [2.45, 2.75) is 37.3 Å². The van der Waals surface area contributed by atoms with Crippen molar-refractivity contribution < 1.29 is 9.59 Å². The Morgan fingerprint density at radius 1 is 0.889 bits per heavy atom. The Bertz CT molecular complexity index is 1500. The molecule has 2 aliphatic heterocycles. The van der Waals surface area contributed by atoms with E-state index in [0.29, 0.717) is 5.22 Å². The van der Waals surface area contributed by atoms with Gasteiger partial charge in [0.15, 0.2) is 0 Å². The lowest BCUT2D eigenvalue weighted by molar-refractivity contribution is -0.117. The minimum atomic E-state index is -0.829. The summed E-state index contributed by atoms with van der Waals surface area (Å²) in [6, 6.07) is 26.5. The Kier molecular flexibility index (Phi) is 5.25. The van der Waals surface area contributed by atoms with Crippen molar-refractivity contribution in [1.29, 1.82) is 0 Å². The van der Waals surface area contributed by atoms with Crippen LogP contribution in [0.15, 0.2) is 89.9 Å². The molecule has 0 bridgehead atoms. The molecule has 180 valence electrons. The quantitative estimate of drug-likeness (QED) is 0.566. The Hall–Kier alpha value is -4.19. The summed E-state index contributed by atoms with van der Waals surface area (Å²) < 4.78 is 0. The number of hydrogen-bond acceptors (Lipinski definition) is 4. The van der Waals surface area contributed by atoms with Crippen LogP contribution in [-0.4, -0.2) is 17.5 Å². The molecule has 6 nitrogen and oxygen atoms in total. The first-order valence-electron chi connectivity index (χ1n) is 12.5. The summed E-state index contributed by atoms with van der Waals surface area (Å²) in [6.07, 6.45) is 6.62. The summed E-state index contributed by atoms with van der Waals surface area (Å²) >= 11 is 0. The molecule has 2 heterocycles. The Morgan fingerprint density at radius 2 is 1.58 bits per heavy atom.